The largest absolute Gasteiger partial charge is 0.417 e. The number of halogens is 12. The molecule has 14 heteroatoms. The Balaban J connectivity index is 1.57. The SMILES string of the molecule is C[C@H](C1C=CC=C1c1ccccc1P(c1ccccc1)c1ccccc1)P(c1ccc(C(F)(F)F)cc1C(F)(F)F)c1ccc(C(F)(F)F)cc1C(F)(F)F. The zero-order chi connectivity index (χ0) is 39.9. The highest BCUT2D eigenvalue weighted by molar-refractivity contribution is 7.80. The molecular weight excluding hydrogens is 782 g/mol. The summed E-state index contributed by atoms with van der Waals surface area (Å²) in [6.45, 7) is 1.38. The Bertz CT molecular complexity index is 2080. The summed E-state index contributed by atoms with van der Waals surface area (Å²) < 4.78 is 171. The summed E-state index contributed by atoms with van der Waals surface area (Å²) in [5.41, 5.74) is -7.06. The molecule has 0 aliphatic heterocycles. The molecule has 0 bridgehead atoms. The summed E-state index contributed by atoms with van der Waals surface area (Å²) in [6, 6.07) is 27.6. The van der Waals surface area contributed by atoms with E-state index in [0.29, 0.717) is 35.4 Å². The van der Waals surface area contributed by atoms with Gasteiger partial charge in [0, 0.05) is 5.92 Å². The van der Waals surface area contributed by atoms with Gasteiger partial charge in [0.15, 0.2) is 0 Å². The van der Waals surface area contributed by atoms with Crippen molar-refractivity contribution in [3.63, 3.8) is 0 Å². The summed E-state index contributed by atoms with van der Waals surface area (Å²) in [5, 5.41) is 0.971. The van der Waals surface area contributed by atoms with Gasteiger partial charge in [0.25, 0.3) is 0 Å². The van der Waals surface area contributed by atoms with Crippen LogP contribution in [0.15, 0.2) is 140 Å². The molecule has 0 saturated carbocycles. The van der Waals surface area contributed by atoms with E-state index >= 15 is 0 Å². The van der Waals surface area contributed by atoms with Crippen LogP contribution in [-0.2, 0) is 24.7 Å². The van der Waals surface area contributed by atoms with Crippen molar-refractivity contribution in [1.29, 1.82) is 0 Å². The minimum Gasteiger partial charge on any atom is -0.166 e. The highest BCUT2D eigenvalue weighted by atomic mass is 31.1. The predicted octanol–water partition coefficient (Wildman–Crippen LogP) is 11.6. The van der Waals surface area contributed by atoms with Crippen molar-refractivity contribution in [3.8, 4) is 0 Å². The first-order valence-electron chi connectivity index (χ1n) is 16.5. The molecule has 2 atom stereocenters. The van der Waals surface area contributed by atoms with Crippen LogP contribution < -0.4 is 26.5 Å². The fraction of sp³-hybridized carbons (Fsp3) is 0.171. The topological polar surface area (TPSA) is 0 Å². The Hall–Kier alpha value is -4.40. The Morgan fingerprint density at radius 2 is 0.927 bits per heavy atom. The Morgan fingerprint density at radius 3 is 1.36 bits per heavy atom. The van der Waals surface area contributed by atoms with Crippen LogP contribution in [0.5, 0.6) is 0 Å². The van der Waals surface area contributed by atoms with Crippen molar-refractivity contribution in [2.75, 3.05) is 0 Å². The molecule has 0 heterocycles. The molecule has 286 valence electrons. The van der Waals surface area contributed by atoms with E-state index in [0.717, 1.165) is 15.9 Å². The minimum absolute atomic E-state index is 0.155. The number of benzene rings is 5. The molecule has 1 aliphatic rings. The molecule has 0 fully saturated rings. The lowest BCUT2D eigenvalue weighted by Crippen LogP contribution is -2.33. The van der Waals surface area contributed by atoms with Crippen LogP contribution in [-0.4, -0.2) is 5.66 Å². The number of alkyl halides is 12. The third-order valence-electron chi connectivity index (χ3n) is 9.14. The van der Waals surface area contributed by atoms with Crippen LogP contribution in [0, 0.1) is 5.92 Å². The van der Waals surface area contributed by atoms with Gasteiger partial charge in [0.05, 0.1) is 22.3 Å². The first-order chi connectivity index (χ1) is 25.8. The molecule has 0 radical (unpaired) electrons. The second kappa shape index (κ2) is 15.3. The van der Waals surface area contributed by atoms with Crippen LogP contribution in [0.25, 0.3) is 5.57 Å². The van der Waals surface area contributed by atoms with Gasteiger partial charge < -0.3 is 0 Å². The van der Waals surface area contributed by atoms with Crippen LogP contribution >= 0.6 is 15.8 Å². The Kier molecular flexibility index (Phi) is 11.2. The maximum atomic E-state index is 14.7. The van der Waals surface area contributed by atoms with Gasteiger partial charge >= 0.3 is 24.7 Å². The predicted molar refractivity (Wildman–Crippen MR) is 194 cm³/mol. The quantitative estimate of drug-likeness (QED) is 0.108. The molecule has 0 nitrogen and oxygen atoms in total. The minimum atomic E-state index is -5.47. The fourth-order valence-corrected chi connectivity index (χ4v) is 12.3. The van der Waals surface area contributed by atoms with Gasteiger partial charge in [-0.2, -0.15) is 52.7 Å². The number of rotatable bonds is 8. The van der Waals surface area contributed by atoms with Crippen LogP contribution in [0.4, 0.5) is 52.7 Å². The molecule has 0 aromatic heterocycles. The summed E-state index contributed by atoms with van der Waals surface area (Å²) in [6.07, 6.45) is -16.5. The lowest BCUT2D eigenvalue weighted by Gasteiger charge is -2.35. The Labute approximate surface area is 310 Å². The summed E-state index contributed by atoms with van der Waals surface area (Å²) >= 11 is 0. The zero-order valence-corrected chi connectivity index (χ0v) is 30.2. The van der Waals surface area contributed by atoms with Gasteiger partial charge in [0.1, 0.15) is 0 Å². The molecule has 6 rings (SSSR count). The van der Waals surface area contributed by atoms with Crippen molar-refractivity contribution in [1.82, 2.24) is 0 Å². The molecule has 0 spiro atoms. The summed E-state index contributed by atoms with van der Waals surface area (Å²) in [7, 11) is -4.25. The van der Waals surface area contributed by atoms with Crippen molar-refractivity contribution in [2.45, 2.75) is 37.3 Å². The van der Waals surface area contributed by atoms with E-state index in [1.54, 1.807) is 30.4 Å². The summed E-state index contributed by atoms with van der Waals surface area (Å²) in [4.78, 5) is 0. The molecule has 1 unspecified atom stereocenters. The van der Waals surface area contributed by atoms with E-state index in [-0.39, 0.29) is 12.1 Å². The monoisotopic (exact) mass is 810 g/mol. The lowest BCUT2D eigenvalue weighted by molar-refractivity contribution is -0.144. The first-order valence-corrected chi connectivity index (χ1v) is 19.3. The highest BCUT2D eigenvalue weighted by Crippen LogP contribution is 2.53. The van der Waals surface area contributed by atoms with Gasteiger partial charge in [-0.3, -0.25) is 0 Å². The number of hydrogen-bond acceptors (Lipinski definition) is 0. The van der Waals surface area contributed by atoms with Crippen LogP contribution in [0.1, 0.15) is 34.7 Å². The standard InChI is InChI=1S/C41H28F12P2/c1-25(30-16-10-17-31(30)32-15-8-9-18-35(32)55(28-11-4-2-5-12-28)29-13-6-3-7-14-29)54(36-21-19-26(38(42,43)44)23-33(36)40(48,49)50)37-22-20-27(39(45,46)47)24-34(37)41(51,52)53/h2-25,30H,1H3/t25-,30?/m1/s1. The van der Waals surface area contributed by atoms with Gasteiger partial charge in [-0.15, -0.1) is 0 Å². The number of hydrogen-bond donors (Lipinski definition) is 0. The molecule has 0 N–H and O–H groups in total. The molecule has 5 aromatic rings. The van der Waals surface area contributed by atoms with Gasteiger partial charge in [-0.25, -0.2) is 0 Å². The second-order valence-corrected chi connectivity index (χ2v) is 17.3. The first kappa shape index (κ1) is 40.3. The highest BCUT2D eigenvalue weighted by Gasteiger charge is 2.46. The number of allylic oxidation sites excluding steroid dienone is 4. The average molecular weight is 811 g/mol. The smallest absolute Gasteiger partial charge is 0.166 e. The van der Waals surface area contributed by atoms with E-state index < -0.39 is 85.0 Å². The van der Waals surface area contributed by atoms with Gasteiger partial charge in [-0.1, -0.05) is 122 Å². The second-order valence-electron chi connectivity index (χ2n) is 12.6. The van der Waals surface area contributed by atoms with Crippen molar-refractivity contribution >= 4 is 47.9 Å². The molecule has 55 heavy (non-hydrogen) atoms. The van der Waals surface area contributed by atoms with E-state index in [1.807, 2.05) is 72.8 Å². The third kappa shape index (κ3) is 8.56. The van der Waals surface area contributed by atoms with E-state index in [1.165, 1.54) is 6.92 Å². The van der Waals surface area contributed by atoms with Crippen molar-refractivity contribution in [3.05, 3.63) is 167 Å². The maximum Gasteiger partial charge on any atom is 0.417 e. The Morgan fingerprint density at radius 1 is 0.491 bits per heavy atom. The van der Waals surface area contributed by atoms with E-state index in [9.17, 15) is 52.7 Å². The lowest BCUT2D eigenvalue weighted by atomic mass is 9.93. The van der Waals surface area contributed by atoms with E-state index in [4.69, 9.17) is 0 Å². The normalized spacial score (nSPS) is 15.8. The third-order valence-corrected chi connectivity index (χ3v) is 14.6. The molecule has 0 amide bonds. The van der Waals surface area contributed by atoms with Crippen molar-refractivity contribution < 1.29 is 52.7 Å². The fourth-order valence-electron chi connectivity index (χ4n) is 6.71. The molecular formula is C41H28F12P2. The summed E-state index contributed by atoms with van der Waals surface area (Å²) in [5.74, 6) is -0.914. The molecule has 0 saturated heterocycles. The van der Waals surface area contributed by atoms with Gasteiger partial charge in [-0.05, 0) is 83.4 Å². The zero-order valence-electron chi connectivity index (χ0n) is 28.4. The average Bonchev–Trinajstić information content (AvgIpc) is 3.62. The van der Waals surface area contributed by atoms with Crippen molar-refractivity contribution in [2.24, 2.45) is 5.92 Å². The van der Waals surface area contributed by atoms with Gasteiger partial charge in [0.2, 0.25) is 0 Å². The van der Waals surface area contributed by atoms with Crippen LogP contribution in [0.2, 0.25) is 0 Å². The molecule has 5 aromatic carbocycles. The van der Waals surface area contributed by atoms with Crippen LogP contribution in [0.3, 0.4) is 0 Å². The van der Waals surface area contributed by atoms with E-state index in [2.05, 4.69) is 0 Å². The maximum absolute atomic E-state index is 14.7. The molecule has 1 aliphatic carbocycles.